The molecule has 60 heavy (non-hydrogen) atoms. The molecule has 3 aromatic heterocycles. The van der Waals surface area contributed by atoms with E-state index in [2.05, 4.69) is 118 Å². The molecule has 0 bridgehead atoms. The molecular formula is C53H29N5O2. The highest BCUT2D eigenvalue weighted by Gasteiger charge is 2.25. The van der Waals surface area contributed by atoms with Crippen LogP contribution < -0.4 is 9.80 Å². The van der Waals surface area contributed by atoms with E-state index in [9.17, 15) is 10.5 Å². The van der Waals surface area contributed by atoms with Gasteiger partial charge in [-0.15, -0.1) is 0 Å². The standard InChI is InChI=1S/C53H29N5O2/c54-30-32-13-21-36(22-14-32)57(46-10-3-7-39-38-6-1-2-12-48(38)59-51(39)46)44-27-19-34-18-26-43-45(28-20-35-17-25-42(44)49(34)50(35)43)58(37-23-15-33(31-55)16-24-37)47-11-4-8-40-41-9-5-29-56-53(41)60-52(40)47/h1-29H. The number of fused-ring (bicyclic) bond motifs is 6. The number of anilines is 6. The summed E-state index contributed by atoms with van der Waals surface area (Å²) in [7, 11) is 0. The van der Waals surface area contributed by atoms with Crippen molar-refractivity contribution < 1.29 is 8.83 Å². The van der Waals surface area contributed by atoms with Crippen molar-refractivity contribution in [2.75, 3.05) is 9.80 Å². The Kier molecular flexibility index (Phi) is 7.22. The number of hydrogen-bond donors (Lipinski definition) is 0. The molecule has 7 nitrogen and oxygen atoms in total. The SMILES string of the molecule is N#Cc1ccc(N(c2ccc3ccc4c(N(c5ccc(C#N)cc5)c5cccc6c5oc5ncccc56)ccc5ccc2c3c54)c2cccc3c2oc2ccccc23)cc1. The molecule has 0 spiro atoms. The molecule has 7 heteroatoms. The summed E-state index contributed by atoms with van der Waals surface area (Å²) in [5, 5.41) is 30.1. The number of aromatic nitrogens is 1. The molecule has 0 fully saturated rings. The van der Waals surface area contributed by atoms with Crippen LogP contribution in [0.15, 0.2) is 185 Å². The van der Waals surface area contributed by atoms with Crippen LogP contribution in [0, 0.1) is 22.7 Å². The van der Waals surface area contributed by atoms with Crippen LogP contribution >= 0.6 is 0 Å². The second kappa shape index (κ2) is 12.9. The Morgan fingerprint density at radius 3 is 1.48 bits per heavy atom. The first kappa shape index (κ1) is 33.5. The van der Waals surface area contributed by atoms with E-state index in [-0.39, 0.29) is 0 Å². The minimum Gasteiger partial charge on any atom is -0.454 e. The second-order valence-corrected chi connectivity index (χ2v) is 14.9. The van der Waals surface area contributed by atoms with Gasteiger partial charge in [-0.2, -0.15) is 10.5 Å². The molecule has 0 amide bonds. The Labute approximate surface area is 342 Å². The Hall–Kier alpha value is -8.65. The van der Waals surface area contributed by atoms with Crippen LogP contribution in [0.5, 0.6) is 0 Å². The maximum Gasteiger partial charge on any atom is 0.227 e. The highest BCUT2D eigenvalue weighted by atomic mass is 16.3. The van der Waals surface area contributed by atoms with Gasteiger partial charge in [-0.05, 0) is 113 Å². The first-order valence-electron chi connectivity index (χ1n) is 19.6. The normalized spacial score (nSPS) is 11.6. The molecule has 0 atom stereocenters. The topological polar surface area (TPSA) is 93.2 Å². The Morgan fingerprint density at radius 2 is 0.900 bits per heavy atom. The van der Waals surface area contributed by atoms with Crippen LogP contribution in [0.1, 0.15) is 11.1 Å². The minimum atomic E-state index is 0.577. The molecule has 3 heterocycles. The summed E-state index contributed by atoms with van der Waals surface area (Å²) in [6.45, 7) is 0. The van der Waals surface area contributed by atoms with Crippen molar-refractivity contribution >= 4 is 110 Å². The lowest BCUT2D eigenvalue weighted by Crippen LogP contribution is -2.12. The maximum absolute atomic E-state index is 9.73. The number of rotatable bonds is 6. The van der Waals surface area contributed by atoms with Crippen LogP contribution in [0.25, 0.3) is 76.3 Å². The van der Waals surface area contributed by atoms with E-state index in [1.54, 1.807) is 6.20 Å². The molecule has 12 rings (SSSR count). The number of nitrogens with zero attached hydrogens (tertiary/aromatic N) is 5. The summed E-state index contributed by atoms with van der Waals surface area (Å²) in [4.78, 5) is 9.02. The van der Waals surface area contributed by atoms with Gasteiger partial charge < -0.3 is 18.6 Å². The number of nitriles is 2. The smallest absolute Gasteiger partial charge is 0.227 e. The van der Waals surface area contributed by atoms with Gasteiger partial charge in [0.25, 0.3) is 0 Å². The number of hydrogen-bond acceptors (Lipinski definition) is 7. The number of para-hydroxylation sites is 3. The molecule has 12 aromatic rings. The molecule has 0 aliphatic rings. The van der Waals surface area contributed by atoms with Crippen molar-refractivity contribution in [2.45, 2.75) is 0 Å². The molecule has 0 saturated heterocycles. The van der Waals surface area contributed by atoms with Crippen molar-refractivity contribution in [3.63, 3.8) is 0 Å². The predicted octanol–water partition coefficient (Wildman–Crippen LogP) is 14.5. The lowest BCUT2D eigenvalue weighted by Gasteiger charge is -2.29. The summed E-state index contributed by atoms with van der Waals surface area (Å²) in [5.74, 6) is 0. The average molecular weight is 768 g/mol. The predicted molar refractivity (Wildman–Crippen MR) is 241 cm³/mol. The summed E-state index contributed by atoms with van der Waals surface area (Å²) in [5.41, 5.74) is 9.55. The van der Waals surface area contributed by atoms with E-state index >= 15 is 0 Å². The van der Waals surface area contributed by atoms with Crippen LogP contribution in [-0.4, -0.2) is 4.98 Å². The quantitative estimate of drug-likeness (QED) is 0.156. The van der Waals surface area contributed by atoms with Gasteiger partial charge in [0, 0.05) is 49.9 Å². The largest absolute Gasteiger partial charge is 0.454 e. The van der Waals surface area contributed by atoms with Gasteiger partial charge >= 0.3 is 0 Å². The zero-order chi connectivity index (χ0) is 39.9. The molecule has 0 unspecified atom stereocenters. The Morgan fingerprint density at radius 1 is 0.400 bits per heavy atom. The molecule has 0 radical (unpaired) electrons. The van der Waals surface area contributed by atoms with E-state index in [1.165, 1.54) is 0 Å². The molecule has 0 saturated carbocycles. The second-order valence-electron chi connectivity index (χ2n) is 14.9. The van der Waals surface area contributed by atoms with Gasteiger partial charge in [0.15, 0.2) is 11.2 Å². The number of pyridine rings is 1. The first-order chi connectivity index (χ1) is 29.7. The Balaban J connectivity index is 1.13. The van der Waals surface area contributed by atoms with Gasteiger partial charge in [-0.1, -0.05) is 78.9 Å². The van der Waals surface area contributed by atoms with Gasteiger partial charge in [0.2, 0.25) is 5.71 Å². The van der Waals surface area contributed by atoms with E-state index in [1.807, 2.05) is 78.9 Å². The highest BCUT2D eigenvalue weighted by molar-refractivity contribution is 6.28. The van der Waals surface area contributed by atoms with E-state index < -0.39 is 0 Å². The van der Waals surface area contributed by atoms with Gasteiger partial charge in [0.1, 0.15) is 5.58 Å². The van der Waals surface area contributed by atoms with Gasteiger partial charge in [-0.3, -0.25) is 0 Å². The lowest BCUT2D eigenvalue weighted by molar-refractivity contribution is 0.654. The van der Waals surface area contributed by atoms with Gasteiger partial charge in [0.05, 0.1) is 46.0 Å². The van der Waals surface area contributed by atoms with Crippen LogP contribution in [0.3, 0.4) is 0 Å². The number of furan rings is 2. The number of benzene rings is 9. The first-order valence-corrected chi connectivity index (χ1v) is 19.6. The fourth-order valence-corrected chi connectivity index (χ4v) is 9.05. The molecule has 0 aliphatic heterocycles. The van der Waals surface area contributed by atoms with Crippen LogP contribution in [0.2, 0.25) is 0 Å². The monoisotopic (exact) mass is 767 g/mol. The van der Waals surface area contributed by atoms with Crippen molar-refractivity contribution in [3.8, 4) is 12.1 Å². The van der Waals surface area contributed by atoms with Crippen molar-refractivity contribution in [1.29, 1.82) is 10.5 Å². The maximum atomic E-state index is 9.73. The van der Waals surface area contributed by atoms with Gasteiger partial charge in [-0.25, -0.2) is 4.98 Å². The third-order valence-electron chi connectivity index (χ3n) is 11.7. The van der Waals surface area contributed by atoms with E-state index in [0.717, 1.165) is 105 Å². The summed E-state index contributed by atoms with van der Waals surface area (Å²) in [6.07, 6.45) is 1.75. The molecule has 0 aliphatic carbocycles. The fraction of sp³-hybridized carbons (Fsp3) is 0. The van der Waals surface area contributed by atoms with Crippen LogP contribution in [0.4, 0.5) is 34.1 Å². The summed E-state index contributed by atoms with van der Waals surface area (Å²) < 4.78 is 13.2. The molecule has 9 aromatic carbocycles. The molecule has 278 valence electrons. The fourth-order valence-electron chi connectivity index (χ4n) is 9.05. The van der Waals surface area contributed by atoms with E-state index in [0.29, 0.717) is 16.8 Å². The van der Waals surface area contributed by atoms with Crippen LogP contribution in [-0.2, 0) is 0 Å². The zero-order valence-corrected chi connectivity index (χ0v) is 31.8. The zero-order valence-electron chi connectivity index (χ0n) is 31.8. The highest BCUT2D eigenvalue weighted by Crippen LogP contribution is 2.50. The van der Waals surface area contributed by atoms with E-state index in [4.69, 9.17) is 8.83 Å². The minimum absolute atomic E-state index is 0.577. The average Bonchev–Trinajstić information content (AvgIpc) is 3.89. The summed E-state index contributed by atoms with van der Waals surface area (Å²) in [6, 6.07) is 62.1. The third-order valence-corrected chi connectivity index (χ3v) is 11.7. The Bertz CT molecular complexity index is 3510. The summed E-state index contributed by atoms with van der Waals surface area (Å²) >= 11 is 0. The van der Waals surface area contributed by atoms with Crippen molar-refractivity contribution in [1.82, 2.24) is 4.98 Å². The van der Waals surface area contributed by atoms with Crippen molar-refractivity contribution in [2.24, 2.45) is 0 Å². The third kappa shape index (κ3) is 4.91. The lowest BCUT2D eigenvalue weighted by atomic mass is 9.91. The molecular weight excluding hydrogens is 739 g/mol. The molecule has 0 N–H and O–H groups in total. The van der Waals surface area contributed by atoms with Crippen molar-refractivity contribution in [3.05, 3.63) is 187 Å².